The second-order valence-electron chi connectivity index (χ2n) is 7.96. The van der Waals surface area contributed by atoms with Crippen molar-refractivity contribution in [2.24, 2.45) is 0 Å². The molecule has 4 heterocycles. The van der Waals surface area contributed by atoms with E-state index in [1.165, 1.54) is 24.7 Å². The van der Waals surface area contributed by atoms with E-state index in [0.717, 1.165) is 30.2 Å². The normalized spacial score (nSPS) is 17.3. The molecule has 6 nitrogen and oxygen atoms in total. The van der Waals surface area contributed by atoms with Gasteiger partial charge in [-0.1, -0.05) is 23.2 Å². The molecule has 0 aliphatic carbocycles. The third kappa shape index (κ3) is 4.40. The van der Waals surface area contributed by atoms with Crippen molar-refractivity contribution >= 4 is 34.1 Å². The standard InChI is InChI=1S/C24H21Cl2FN4O2/c1-14(23-19(25)12-29-13-20(23)26)33-17-5-6-21-18(9-17)24(15-8-16(27)11-28-10-15)30-31(21)22-4-2-3-7-32-22/h5-6,8-14,22H,2-4,7H2,1H3/t14-,22?/m1/s1. The molecule has 0 spiro atoms. The number of fused-ring (bicyclic) bond motifs is 1. The molecule has 170 valence electrons. The Morgan fingerprint density at radius 3 is 2.61 bits per heavy atom. The number of benzene rings is 1. The average Bonchev–Trinajstić information content (AvgIpc) is 3.18. The summed E-state index contributed by atoms with van der Waals surface area (Å²) in [6, 6.07) is 7.12. The summed E-state index contributed by atoms with van der Waals surface area (Å²) >= 11 is 12.6. The van der Waals surface area contributed by atoms with Crippen molar-refractivity contribution in [3.05, 3.63) is 70.5 Å². The molecule has 4 aromatic rings. The first-order chi connectivity index (χ1) is 16.0. The maximum absolute atomic E-state index is 14.0. The second kappa shape index (κ2) is 9.25. The molecule has 9 heteroatoms. The summed E-state index contributed by atoms with van der Waals surface area (Å²) in [5.41, 5.74) is 2.74. The molecule has 33 heavy (non-hydrogen) atoms. The fourth-order valence-electron chi connectivity index (χ4n) is 4.16. The Morgan fingerprint density at radius 2 is 1.88 bits per heavy atom. The smallest absolute Gasteiger partial charge is 0.150 e. The molecule has 1 unspecified atom stereocenters. The average molecular weight is 487 g/mol. The van der Waals surface area contributed by atoms with Gasteiger partial charge in [0.1, 0.15) is 23.4 Å². The van der Waals surface area contributed by atoms with Gasteiger partial charge in [0.2, 0.25) is 0 Å². The largest absolute Gasteiger partial charge is 0.486 e. The van der Waals surface area contributed by atoms with Crippen LogP contribution < -0.4 is 4.74 Å². The van der Waals surface area contributed by atoms with Crippen LogP contribution in [0.2, 0.25) is 10.0 Å². The van der Waals surface area contributed by atoms with Gasteiger partial charge < -0.3 is 9.47 Å². The Morgan fingerprint density at radius 1 is 1.09 bits per heavy atom. The maximum Gasteiger partial charge on any atom is 0.150 e. The summed E-state index contributed by atoms with van der Waals surface area (Å²) in [7, 11) is 0. The van der Waals surface area contributed by atoms with E-state index < -0.39 is 11.9 Å². The molecule has 0 N–H and O–H groups in total. The van der Waals surface area contributed by atoms with E-state index in [4.69, 9.17) is 37.8 Å². The summed E-state index contributed by atoms with van der Waals surface area (Å²) in [4.78, 5) is 7.99. The molecular weight excluding hydrogens is 466 g/mol. The lowest BCUT2D eigenvalue weighted by atomic mass is 10.1. The van der Waals surface area contributed by atoms with Crippen LogP contribution in [0.15, 0.2) is 49.1 Å². The molecule has 0 amide bonds. The van der Waals surface area contributed by atoms with Gasteiger partial charge in [-0.3, -0.25) is 9.97 Å². The van der Waals surface area contributed by atoms with E-state index in [9.17, 15) is 4.39 Å². The van der Waals surface area contributed by atoms with Gasteiger partial charge in [0.25, 0.3) is 0 Å². The number of aromatic nitrogens is 4. The van der Waals surface area contributed by atoms with Gasteiger partial charge in [-0.2, -0.15) is 5.10 Å². The van der Waals surface area contributed by atoms with Crippen LogP contribution in [0.5, 0.6) is 5.75 Å². The number of halogens is 3. The highest BCUT2D eigenvalue weighted by atomic mass is 35.5. The van der Waals surface area contributed by atoms with Crippen molar-refractivity contribution in [1.82, 2.24) is 19.7 Å². The molecule has 1 aromatic carbocycles. The molecule has 0 radical (unpaired) electrons. The van der Waals surface area contributed by atoms with Crippen molar-refractivity contribution in [3.63, 3.8) is 0 Å². The predicted octanol–water partition coefficient (Wildman–Crippen LogP) is 6.78. The zero-order chi connectivity index (χ0) is 22.9. The molecular formula is C24H21Cl2FN4O2. The lowest BCUT2D eigenvalue weighted by molar-refractivity contribution is -0.0365. The van der Waals surface area contributed by atoms with Crippen molar-refractivity contribution in [1.29, 1.82) is 0 Å². The second-order valence-corrected chi connectivity index (χ2v) is 8.78. The number of pyridine rings is 2. The number of rotatable bonds is 5. The summed E-state index contributed by atoms with van der Waals surface area (Å²) in [6.07, 6.45) is 8.23. The van der Waals surface area contributed by atoms with Crippen LogP contribution in [0.4, 0.5) is 4.39 Å². The predicted molar refractivity (Wildman–Crippen MR) is 125 cm³/mol. The van der Waals surface area contributed by atoms with Crippen LogP contribution in [-0.2, 0) is 4.74 Å². The first kappa shape index (κ1) is 22.1. The highest BCUT2D eigenvalue weighted by molar-refractivity contribution is 6.35. The SMILES string of the molecule is C[C@@H](Oc1ccc2c(c1)c(-c1cncc(F)c1)nn2C1CCCCO1)c1c(Cl)cncc1Cl. The van der Waals surface area contributed by atoms with Gasteiger partial charge in [-0.25, -0.2) is 9.07 Å². The quantitative estimate of drug-likeness (QED) is 0.311. The number of nitrogens with zero attached hydrogens (tertiary/aromatic N) is 4. The molecule has 3 aromatic heterocycles. The van der Waals surface area contributed by atoms with Gasteiger partial charge in [0, 0.05) is 41.7 Å². The highest BCUT2D eigenvalue weighted by Crippen LogP contribution is 2.37. The lowest BCUT2D eigenvalue weighted by Gasteiger charge is -2.23. The van der Waals surface area contributed by atoms with Gasteiger partial charge in [0.05, 0.1) is 21.8 Å². The van der Waals surface area contributed by atoms with E-state index in [-0.39, 0.29) is 6.23 Å². The fourth-order valence-corrected chi connectivity index (χ4v) is 4.83. The Labute approximate surface area is 200 Å². The van der Waals surface area contributed by atoms with E-state index in [1.807, 2.05) is 29.8 Å². The van der Waals surface area contributed by atoms with E-state index in [0.29, 0.717) is 39.2 Å². The molecule has 1 aliphatic heterocycles. The third-order valence-corrected chi connectivity index (χ3v) is 6.30. The molecule has 1 saturated heterocycles. The Bertz CT molecular complexity index is 1290. The maximum atomic E-state index is 14.0. The first-order valence-corrected chi connectivity index (χ1v) is 11.5. The Kier molecular flexibility index (Phi) is 6.19. The van der Waals surface area contributed by atoms with Crippen molar-refractivity contribution < 1.29 is 13.9 Å². The summed E-state index contributed by atoms with van der Waals surface area (Å²) in [5, 5.41) is 6.49. The van der Waals surface area contributed by atoms with Crippen LogP contribution in [0.25, 0.3) is 22.2 Å². The van der Waals surface area contributed by atoms with Crippen LogP contribution >= 0.6 is 23.2 Å². The monoisotopic (exact) mass is 486 g/mol. The highest BCUT2D eigenvalue weighted by Gasteiger charge is 2.23. The minimum atomic E-state index is -0.424. The van der Waals surface area contributed by atoms with E-state index in [2.05, 4.69) is 9.97 Å². The van der Waals surface area contributed by atoms with Gasteiger partial charge in [-0.05, 0) is 50.5 Å². The molecule has 0 bridgehead atoms. The molecule has 2 atom stereocenters. The van der Waals surface area contributed by atoms with Crippen LogP contribution in [0, 0.1) is 5.82 Å². The first-order valence-electron chi connectivity index (χ1n) is 10.7. The Hall–Kier alpha value is -2.74. The number of hydrogen-bond donors (Lipinski definition) is 0. The van der Waals surface area contributed by atoms with Crippen LogP contribution in [0.1, 0.15) is 44.1 Å². The number of hydrogen-bond acceptors (Lipinski definition) is 5. The van der Waals surface area contributed by atoms with Crippen molar-refractivity contribution in [2.75, 3.05) is 6.61 Å². The zero-order valence-electron chi connectivity index (χ0n) is 17.8. The third-order valence-electron chi connectivity index (χ3n) is 5.69. The lowest BCUT2D eigenvalue weighted by Crippen LogP contribution is -2.19. The van der Waals surface area contributed by atoms with Crippen molar-refractivity contribution in [2.45, 2.75) is 38.5 Å². The molecule has 0 saturated carbocycles. The van der Waals surface area contributed by atoms with Crippen LogP contribution in [-0.4, -0.2) is 26.4 Å². The van der Waals surface area contributed by atoms with E-state index >= 15 is 0 Å². The van der Waals surface area contributed by atoms with Gasteiger partial charge in [0.15, 0.2) is 6.23 Å². The summed E-state index contributed by atoms with van der Waals surface area (Å²) < 4.78 is 28.0. The van der Waals surface area contributed by atoms with Gasteiger partial charge >= 0.3 is 0 Å². The molecule has 1 aliphatic rings. The van der Waals surface area contributed by atoms with Crippen molar-refractivity contribution in [3.8, 4) is 17.0 Å². The van der Waals surface area contributed by atoms with Gasteiger partial charge in [-0.15, -0.1) is 0 Å². The summed E-state index contributed by atoms with van der Waals surface area (Å²) in [6.45, 7) is 2.56. The molecule has 1 fully saturated rings. The topological polar surface area (TPSA) is 62.1 Å². The van der Waals surface area contributed by atoms with Crippen LogP contribution in [0.3, 0.4) is 0 Å². The minimum absolute atomic E-state index is 0.170. The fraction of sp³-hybridized carbons (Fsp3) is 0.292. The summed E-state index contributed by atoms with van der Waals surface area (Å²) in [5.74, 6) is 0.181. The Balaban J connectivity index is 1.57. The van der Waals surface area contributed by atoms with E-state index in [1.54, 1.807) is 6.20 Å². The minimum Gasteiger partial charge on any atom is -0.486 e. The number of ether oxygens (including phenoxy) is 2. The zero-order valence-corrected chi connectivity index (χ0v) is 19.4. The molecule has 5 rings (SSSR count).